The molecule has 0 bridgehead atoms. The first-order valence-corrected chi connectivity index (χ1v) is 17.2. The summed E-state index contributed by atoms with van der Waals surface area (Å²) in [5.74, 6) is 1.94. The predicted octanol–water partition coefficient (Wildman–Crippen LogP) is 11.9. The molecule has 8 aromatic carbocycles. The lowest BCUT2D eigenvalue weighted by Crippen LogP contribution is -2.00. The van der Waals surface area contributed by atoms with Crippen LogP contribution in [-0.2, 0) is 0 Å². The van der Waals surface area contributed by atoms with Crippen molar-refractivity contribution in [3.63, 3.8) is 0 Å². The SMILES string of the molecule is c1ccc(-c2nc(-c3ccccc3)nc(-c3cccc(-c4cccc(-n5c6ccc7ccccc7c6c6ccc7ccccc7c65)c4)c3)n2)cc1. The highest BCUT2D eigenvalue weighted by atomic mass is 15.0. The fourth-order valence-electron chi connectivity index (χ4n) is 7.42. The molecule has 0 fully saturated rings. The van der Waals surface area contributed by atoms with Crippen molar-refractivity contribution in [2.45, 2.75) is 0 Å². The summed E-state index contributed by atoms with van der Waals surface area (Å²) in [5, 5.41) is 7.50. The third kappa shape index (κ3) is 4.96. The van der Waals surface area contributed by atoms with Crippen LogP contribution in [0.5, 0.6) is 0 Å². The quantitative estimate of drug-likeness (QED) is 0.186. The molecule has 238 valence electrons. The van der Waals surface area contributed by atoms with Gasteiger partial charge < -0.3 is 4.57 Å². The molecule has 0 unspecified atom stereocenters. The number of rotatable bonds is 5. The highest BCUT2D eigenvalue weighted by molar-refractivity contribution is 6.25. The van der Waals surface area contributed by atoms with Crippen LogP contribution in [0.25, 0.3) is 94.3 Å². The van der Waals surface area contributed by atoms with Gasteiger partial charge in [0, 0.05) is 38.5 Å². The van der Waals surface area contributed by atoms with Crippen molar-refractivity contribution >= 4 is 43.4 Å². The molecule has 0 saturated heterocycles. The number of aromatic nitrogens is 4. The van der Waals surface area contributed by atoms with E-state index in [1.54, 1.807) is 0 Å². The second-order valence-electron chi connectivity index (χ2n) is 12.9. The maximum atomic E-state index is 4.99. The van der Waals surface area contributed by atoms with Gasteiger partial charge in [-0.15, -0.1) is 0 Å². The molecule has 0 atom stereocenters. The van der Waals surface area contributed by atoms with Gasteiger partial charge >= 0.3 is 0 Å². The number of fused-ring (bicyclic) bond motifs is 7. The standard InChI is InChI=1S/C47H30N4/c1-3-15-33(16-4-1)45-48-46(34-17-5-2-6-18-34)50-47(49-45)37-21-11-19-35(29-37)36-20-12-22-38(30-36)51-42-28-26-31-13-7-9-23-39(31)43(42)41-27-25-32-14-8-10-24-40(32)44(41)51/h1-30H. The van der Waals surface area contributed by atoms with E-state index in [-0.39, 0.29) is 0 Å². The number of hydrogen-bond acceptors (Lipinski definition) is 3. The summed E-state index contributed by atoms with van der Waals surface area (Å²) in [6.07, 6.45) is 0. The zero-order chi connectivity index (χ0) is 33.7. The fourth-order valence-corrected chi connectivity index (χ4v) is 7.42. The van der Waals surface area contributed by atoms with Gasteiger partial charge in [0.15, 0.2) is 17.5 Å². The third-order valence-electron chi connectivity index (χ3n) is 9.80. The topological polar surface area (TPSA) is 43.6 Å². The highest BCUT2D eigenvalue weighted by Crippen LogP contribution is 2.40. The van der Waals surface area contributed by atoms with E-state index < -0.39 is 0 Å². The van der Waals surface area contributed by atoms with Crippen LogP contribution in [0.2, 0.25) is 0 Å². The Balaban J connectivity index is 1.15. The number of hydrogen-bond donors (Lipinski definition) is 0. The van der Waals surface area contributed by atoms with Crippen molar-refractivity contribution < 1.29 is 0 Å². The van der Waals surface area contributed by atoms with Crippen molar-refractivity contribution in [1.82, 2.24) is 19.5 Å². The van der Waals surface area contributed by atoms with Crippen LogP contribution in [0.3, 0.4) is 0 Å². The molecule has 0 spiro atoms. The van der Waals surface area contributed by atoms with Gasteiger partial charge in [0.1, 0.15) is 0 Å². The largest absolute Gasteiger partial charge is 0.309 e. The van der Waals surface area contributed by atoms with Crippen LogP contribution in [0.4, 0.5) is 0 Å². The van der Waals surface area contributed by atoms with Gasteiger partial charge in [0.2, 0.25) is 0 Å². The molecule has 4 heteroatoms. The summed E-state index contributed by atoms with van der Waals surface area (Å²) in [6, 6.07) is 64.0. The minimum Gasteiger partial charge on any atom is -0.309 e. The van der Waals surface area contributed by atoms with E-state index in [2.05, 4.69) is 126 Å². The maximum absolute atomic E-state index is 4.99. The lowest BCUT2D eigenvalue weighted by Gasteiger charge is -2.13. The summed E-state index contributed by atoms with van der Waals surface area (Å²) >= 11 is 0. The van der Waals surface area contributed by atoms with E-state index in [1.807, 2.05) is 60.7 Å². The Labute approximate surface area is 295 Å². The van der Waals surface area contributed by atoms with E-state index >= 15 is 0 Å². The van der Waals surface area contributed by atoms with Crippen LogP contribution < -0.4 is 0 Å². The Kier molecular flexibility index (Phi) is 6.78. The highest BCUT2D eigenvalue weighted by Gasteiger charge is 2.18. The molecule has 0 N–H and O–H groups in total. The van der Waals surface area contributed by atoms with Gasteiger partial charge in [-0.1, -0.05) is 158 Å². The molecule has 0 amide bonds. The van der Waals surface area contributed by atoms with Crippen LogP contribution in [0.1, 0.15) is 0 Å². The van der Waals surface area contributed by atoms with Crippen molar-refractivity contribution in [2.75, 3.05) is 0 Å². The molecular formula is C47H30N4. The van der Waals surface area contributed by atoms with Gasteiger partial charge in [0.25, 0.3) is 0 Å². The Bertz CT molecular complexity index is 2850. The molecule has 0 radical (unpaired) electrons. The first kappa shape index (κ1) is 29.0. The predicted molar refractivity (Wildman–Crippen MR) is 211 cm³/mol. The van der Waals surface area contributed by atoms with Crippen molar-refractivity contribution in [2.24, 2.45) is 0 Å². The Morgan fingerprint density at radius 3 is 1.55 bits per heavy atom. The van der Waals surface area contributed by atoms with E-state index in [0.29, 0.717) is 17.5 Å². The van der Waals surface area contributed by atoms with Gasteiger partial charge in [-0.3, -0.25) is 0 Å². The number of nitrogens with zero attached hydrogens (tertiary/aromatic N) is 4. The van der Waals surface area contributed by atoms with Gasteiger partial charge in [-0.2, -0.15) is 0 Å². The average Bonchev–Trinajstić information content (AvgIpc) is 3.57. The second kappa shape index (κ2) is 11.9. The Hall–Kier alpha value is -6.91. The van der Waals surface area contributed by atoms with E-state index in [9.17, 15) is 0 Å². The number of benzene rings is 8. The smallest absolute Gasteiger partial charge is 0.164 e. The minimum atomic E-state index is 0.640. The zero-order valence-electron chi connectivity index (χ0n) is 27.6. The van der Waals surface area contributed by atoms with E-state index in [1.165, 1.54) is 43.4 Å². The fraction of sp³-hybridized carbons (Fsp3) is 0. The lowest BCUT2D eigenvalue weighted by molar-refractivity contribution is 1.07. The third-order valence-corrected chi connectivity index (χ3v) is 9.80. The van der Waals surface area contributed by atoms with Crippen molar-refractivity contribution in [1.29, 1.82) is 0 Å². The van der Waals surface area contributed by atoms with Crippen molar-refractivity contribution in [3.05, 3.63) is 182 Å². The first-order chi connectivity index (χ1) is 25.3. The Morgan fingerprint density at radius 1 is 0.333 bits per heavy atom. The molecule has 0 aliphatic rings. The summed E-state index contributed by atoms with van der Waals surface area (Å²) in [7, 11) is 0. The molecule has 2 heterocycles. The molecule has 10 rings (SSSR count). The van der Waals surface area contributed by atoms with Crippen LogP contribution in [0, 0.1) is 0 Å². The molecule has 2 aromatic heterocycles. The van der Waals surface area contributed by atoms with Gasteiger partial charge in [-0.05, 0) is 51.6 Å². The van der Waals surface area contributed by atoms with E-state index in [0.717, 1.165) is 33.5 Å². The zero-order valence-corrected chi connectivity index (χ0v) is 27.6. The first-order valence-electron chi connectivity index (χ1n) is 17.2. The molecule has 0 aliphatic carbocycles. The molecule has 4 nitrogen and oxygen atoms in total. The van der Waals surface area contributed by atoms with E-state index in [4.69, 9.17) is 15.0 Å². The van der Waals surface area contributed by atoms with Gasteiger partial charge in [-0.25, -0.2) is 15.0 Å². The normalized spacial score (nSPS) is 11.5. The van der Waals surface area contributed by atoms with Crippen LogP contribution >= 0.6 is 0 Å². The maximum Gasteiger partial charge on any atom is 0.164 e. The van der Waals surface area contributed by atoms with Gasteiger partial charge in [0.05, 0.1) is 11.0 Å². The molecule has 10 aromatic rings. The van der Waals surface area contributed by atoms with Crippen LogP contribution in [-0.4, -0.2) is 19.5 Å². The molecule has 0 saturated carbocycles. The summed E-state index contributed by atoms with van der Waals surface area (Å²) in [6.45, 7) is 0. The summed E-state index contributed by atoms with van der Waals surface area (Å²) in [5.41, 5.74) is 8.57. The molecule has 51 heavy (non-hydrogen) atoms. The minimum absolute atomic E-state index is 0.640. The summed E-state index contributed by atoms with van der Waals surface area (Å²) < 4.78 is 2.44. The Morgan fingerprint density at radius 2 is 0.843 bits per heavy atom. The second-order valence-corrected chi connectivity index (χ2v) is 12.9. The summed E-state index contributed by atoms with van der Waals surface area (Å²) in [4.78, 5) is 14.9. The monoisotopic (exact) mass is 650 g/mol. The molecule has 0 aliphatic heterocycles. The van der Waals surface area contributed by atoms with Crippen molar-refractivity contribution in [3.8, 4) is 51.0 Å². The average molecular weight is 651 g/mol. The molecular weight excluding hydrogens is 621 g/mol. The van der Waals surface area contributed by atoms with Crippen LogP contribution in [0.15, 0.2) is 182 Å². The lowest BCUT2D eigenvalue weighted by atomic mass is 10.0.